The first-order chi connectivity index (χ1) is 14.6. The minimum absolute atomic E-state index is 0.00299. The molecule has 6 heteroatoms. The second kappa shape index (κ2) is 8.69. The van der Waals surface area contributed by atoms with Gasteiger partial charge in [0.05, 0.1) is 25.8 Å². The number of carbonyl (C=O) groups excluding carboxylic acids is 2. The third-order valence-electron chi connectivity index (χ3n) is 4.89. The Morgan fingerprint density at radius 3 is 2.53 bits per heavy atom. The number of nitrogens with one attached hydrogen (secondary N) is 1. The summed E-state index contributed by atoms with van der Waals surface area (Å²) in [5.74, 6) is 1.11. The summed E-state index contributed by atoms with van der Waals surface area (Å²) >= 11 is 0. The molecule has 6 nitrogen and oxygen atoms in total. The summed E-state index contributed by atoms with van der Waals surface area (Å²) in [6, 6.07) is 22.5. The number of nitrogens with zero attached hydrogens (tertiary/aromatic N) is 1. The standard InChI is InChI=1S/C24H22N2O4/c1-29-20-10-7-17(8-11-20)13-23(27)25-19-9-12-22-21(14-19)26(24(28)16-30-22)15-18-5-3-2-4-6-18/h2-12,14H,13,15-16H2,1H3,(H,25,27). The maximum absolute atomic E-state index is 12.5. The molecule has 0 spiro atoms. The highest BCUT2D eigenvalue weighted by atomic mass is 16.5. The van der Waals surface area contributed by atoms with Crippen molar-refractivity contribution in [3.8, 4) is 11.5 Å². The van der Waals surface area contributed by atoms with Gasteiger partial charge in [0.15, 0.2) is 6.61 Å². The number of ether oxygens (including phenoxy) is 2. The van der Waals surface area contributed by atoms with E-state index < -0.39 is 0 Å². The summed E-state index contributed by atoms with van der Waals surface area (Å²) in [6.07, 6.45) is 0.240. The van der Waals surface area contributed by atoms with Crippen LogP contribution in [0.25, 0.3) is 0 Å². The SMILES string of the molecule is COc1ccc(CC(=O)Nc2ccc3c(c2)N(Cc2ccccc2)C(=O)CO3)cc1. The zero-order valence-electron chi connectivity index (χ0n) is 16.6. The smallest absolute Gasteiger partial charge is 0.265 e. The third kappa shape index (κ3) is 4.43. The van der Waals surface area contributed by atoms with Gasteiger partial charge in [0.25, 0.3) is 5.91 Å². The van der Waals surface area contributed by atoms with E-state index in [1.54, 1.807) is 30.2 Å². The van der Waals surface area contributed by atoms with Gasteiger partial charge in [0.1, 0.15) is 11.5 Å². The molecule has 0 unspecified atom stereocenters. The van der Waals surface area contributed by atoms with Gasteiger partial charge in [0, 0.05) is 5.69 Å². The molecule has 1 heterocycles. The van der Waals surface area contributed by atoms with E-state index >= 15 is 0 Å². The molecule has 0 bridgehead atoms. The molecular formula is C24H22N2O4. The molecule has 152 valence electrons. The van der Waals surface area contributed by atoms with Crippen LogP contribution in [0, 0.1) is 0 Å². The van der Waals surface area contributed by atoms with Gasteiger partial charge in [-0.3, -0.25) is 9.59 Å². The summed E-state index contributed by atoms with van der Waals surface area (Å²) in [7, 11) is 1.60. The maximum atomic E-state index is 12.5. The number of hydrogen-bond donors (Lipinski definition) is 1. The van der Waals surface area contributed by atoms with Gasteiger partial charge >= 0.3 is 0 Å². The molecule has 30 heavy (non-hydrogen) atoms. The zero-order valence-corrected chi connectivity index (χ0v) is 16.6. The molecule has 4 rings (SSSR count). The van der Waals surface area contributed by atoms with E-state index in [0.717, 1.165) is 16.9 Å². The van der Waals surface area contributed by atoms with Crippen LogP contribution in [0.4, 0.5) is 11.4 Å². The molecule has 2 amide bonds. The van der Waals surface area contributed by atoms with Crippen molar-refractivity contribution in [1.29, 1.82) is 0 Å². The monoisotopic (exact) mass is 402 g/mol. The van der Waals surface area contributed by atoms with Crippen molar-refractivity contribution in [3.05, 3.63) is 83.9 Å². The minimum atomic E-state index is -0.141. The van der Waals surface area contributed by atoms with E-state index in [9.17, 15) is 9.59 Å². The quantitative estimate of drug-likeness (QED) is 0.681. The molecule has 3 aromatic rings. The Bertz CT molecular complexity index is 1050. The molecule has 0 fully saturated rings. The van der Waals surface area contributed by atoms with Gasteiger partial charge in [-0.25, -0.2) is 0 Å². The van der Waals surface area contributed by atoms with E-state index in [0.29, 0.717) is 23.7 Å². The largest absolute Gasteiger partial charge is 0.497 e. The van der Waals surface area contributed by atoms with Gasteiger partial charge in [-0.05, 0) is 41.5 Å². The van der Waals surface area contributed by atoms with E-state index in [1.807, 2.05) is 54.6 Å². The molecule has 0 saturated carbocycles. The molecular weight excluding hydrogens is 380 g/mol. The number of anilines is 2. The van der Waals surface area contributed by atoms with Crippen molar-refractivity contribution >= 4 is 23.2 Å². The van der Waals surface area contributed by atoms with Crippen LogP contribution >= 0.6 is 0 Å². The van der Waals surface area contributed by atoms with Crippen LogP contribution in [-0.2, 0) is 22.6 Å². The molecule has 0 atom stereocenters. The summed E-state index contributed by atoms with van der Waals surface area (Å²) in [5, 5.41) is 2.90. The summed E-state index contributed by atoms with van der Waals surface area (Å²) in [4.78, 5) is 26.7. The van der Waals surface area contributed by atoms with E-state index in [1.165, 1.54) is 0 Å². The van der Waals surface area contributed by atoms with Crippen LogP contribution in [0.1, 0.15) is 11.1 Å². The Hall–Kier alpha value is -3.80. The van der Waals surface area contributed by atoms with Crippen LogP contribution in [0.3, 0.4) is 0 Å². The lowest BCUT2D eigenvalue weighted by atomic mass is 10.1. The molecule has 0 aromatic heterocycles. The maximum Gasteiger partial charge on any atom is 0.265 e. The molecule has 1 aliphatic heterocycles. The fraction of sp³-hybridized carbons (Fsp3) is 0.167. The Labute approximate surface area is 175 Å². The summed E-state index contributed by atoms with van der Waals surface area (Å²) < 4.78 is 10.7. The third-order valence-corrected chi connectivity index (χ3v) is 4.89. The predicted molar refractivity (Wildman–Crippen MR) is 115 cm³/mol. The summed E-state index contributed by atoms with van der Waals surface area (Å²) in [6.45, 7) is 0.447. The van der Waals surface area contributed by atoms with Crippen LogP contribution in [0.5, 0.6) is 11.5 Å². The highest BCUT2D eigenvalue weighted by Crippen LogP contribution is 2.35. The van der Waals surface area contributed by atoms with Gasteiger partial charge in [-0.1, -0.05) is 42.5 Å². The first-order valence-corrected chi connectivity index (χ1v) is 9.66. The number of methoxy groups -OCH3 is 1. The number of hydrogen-bond acceptors (Lipinski definition) is 4. The van der Waals surface area contributed by atoms with Crippen LogP contribution < -0.4 is 19.7 Å². The minimum Gasteiger partial charge on any atom is -0.497 e. The van der Waals surface area contributed by atoms with Crippen molar-refractivity contribution in [3.63, 3.8) is 0 Å². The fourth-order valence-electron chi connectivity index (χ4n) is 3.35. The highest BCUT2D eigenvalue weighted by Gasteiger charge is 2.26. The summed E-state index contributed by atoms with van der Waals surface area (Å²) in [5.41, 5.74) is 3.17. The average Bonchev–Trinajstić information content (AvgIpc) is 2.77. The lowest BCUT2D eigenvalue weighted by Gasteiger charge is -2.30. The molecule has 0 radical (unpaired) electrons. The van der Waals surface area contributed by atoms with Crippen LogP contribution in [0.2, 0.25) is 0 Å². The lowest BCUT2D eigenvalue weighted by molar-refractivity contribution is -0.121. The number of benzene rings is 3. The molecule has 3 aromatic carbocycles. The van der Waals surface area contributed by atoms with Gasteiger partial charge < -0.3 is 19.7 Å². The number of fused-ring (bicyclic) bond motifs is 1. The molecule has 0 aliphatic carbocycles. The number of amides is 2. The highest BCUT2D eigenvalue weighted by molar-refractivity contribution is 5.99. The van der Waals surface area contributed by atoms with Gasteiger partial charge in [-0.15, -0.1) is 0 Å². The van der Waals surface area contributed by atoms with Crippen molar-refractivity contribution in [2.24, 2.45) is 0 Å². The second-order valence-corrected chi connectivity index (χ2v) is 7.01. The topological polar surface area (TPSA) is 67.9 Å². The Morgan fingerprint density at radius 1 is 1.03 bits per heavy atom. The van der Waals surface area contributed by atoms with Crippen molar-refractivity contribution in [2.75, 3.05) is 23.9 Å². The van der Waals surface area contributed by atoms with E-state index in [-0.39, 0.29) is 24.8 Å². The molecule has 1 aliphatic rings. The van der Waals surface area contributed by atoms with Gasteiger partial charge in [0.2, 0.25) is 5.91 Å². The Kier molecular flexibility index (Phi) is 5.66. The van der Waals surface area contributed by atoms with E-state index in [2.05, 4.69) is 5.32 Å². The number of carbonyl (C=O) groups is 2. The Morgan fingerprint density at radius 2 is 1.80 bits per heavy atom. The lowest BCUT2D eigenvalue weighted by Crippen LogP contribution is -2.38. The predicted octanol–water partition coefficient (Wildman–Crippen LogP) is 3.80. The first-order valence-electron chi connectivity index (χ1n) is 9.66. The van der Waals surface area contributed by atoms with Gasteiger partial charge in [-0.2, -0.15) is 0 Å². The van der Waals surface area contributed by atoms with Crippen molar-refractivity contribution < 1.29 is 19.1 Å². The normalized spacial score (nSPS) is 12.7. The van der Waals surface area contributed by atoms with E-state index in [4.69, 9.17) is 9.47 Å². The van der Waals surface area contributed by atoms with Crippen LogP contribution in [0.15, 0.2) is 72.8 Å². The van der Waals surface area contributed by atoms with Crippen molar-refractivity contribution in [2.45, 2.75) is 13.0 Å². The number of rotatable bonds is 6. The molecule has 0 saturated heterocycles. The van der Waals surface area contributed by atoms with Crippen molar-refractivity contribution in [1.82, 2.24) is 0 Å². The zero-order chi connectivity index (χ0) is 20.9. The Balaban J connectivity index is 1.50. The second-order valence-electron chi connectivity index (χ2n) is 7.01. The molecule has 1 N–H and O–H groups in total. The average molecular weight is 402 g/mol. The fourth-order valence-corrected chi connectivity index (χ4v) is 3.35. The van der Waals surface area contributed by atoms with Crippen LogP contribution in [-0.4, -0.2) is 25.5 Å². The first kappa shape index (κ1) is 19.5.